The molecule has 1 fully saturated rings. The van der Waals surface area contributed by atoms with Crippen LogP contribution in [-0.4, -0.2) is 52.2 Å². The van der Waals surface area contributed by atoms with Crippen molar-refractivity contribution >= 4 is 38.0 Å². The Kier molecular flexibility index (Phi) is 4.67. The molecule has 0 radical (unpaired) electrons. The normalized spacial score (nSPS) is 22.0. The Morgan fingerprint density at radius 1 is 1.65 bits per heavy atom. The summed E-state index contributed by atoms with van der Waals surface area (Å²) in [6.07, 6.45) is -0.380. The van der Waals surface area contributed by atoms with Crippen LogP contribution in [0.2, 0.25) is 0 Å². The molecule has 0 bridgehead atoms. The van der Waals surface area contributed by atoms with E-state index in [0.29, 0.717) is 34.3 Å². The molecule has 1 amide bonds. The lowest BCUT2D eigenvalue weighted by Crippen LogP contribution is -2.37. The highest BCUT2D eigenvalue weighted by Gasteiger charge is 2.37. The van der Waals surface area contributed by atoms with Gasteiger partial charge in [0.15, 0.2) is 0 Å². The molecule has 7 nitrogen and oxygen atoms in total. The van der Waals surface area contributed by atoms with Crippen LogP contribution in [0.4, 0.5) is 4.79 Å². The third-order valence-electron chi connectivity index (χ3n) is 3.26. The Morgan fingerprint density at radius 3 is 2.85 bits per heavy atom. The lowest BCUT2D eigenvalue weighted by Gasteiger charge is -2.19. The van der Waals surface area contributed by atoms with Crippen LogP contribution in [0, 0.1) is 11.3 Å². The zero-order chi connectivity index (χ0) is 14.9. The molecule has 108 valence electrons. The van der Waals surface area contributed by atoms with Crippen LogP contribution in [0.15, 0.2) is 9.21 Å². The molecule has 2 rings (SSSR count). The minimum atomic E-state index is -0.975. The summed E-state index contributed by atoms with van der Waals surface area (Å²) in [5, 5.41) is 22.5. The summed E-state index contributed by atoms with van der Waals surface area (Å²) in [5.74, 6) is 0. The number of hydrogen-bond acceptors (Lipinski definition) is 4. The molecule has 1 aromatic heterocycles. The van der Waals surface area contributed by atoms with Crippen molar-refractivity contribution in [2.75, 3.05) is 20.3 Å². The van der Waals surface area contributed by atoms with Crippen molar-refractivity contribution in [1.29, 1.82) is 5.26 Å². The number of rotatable bonds is 3. The number of hydrogen-bond donors (Lipinski definition) is 1. The van der Waals surface area contributed by atoms with Gasteiger partial charge in [-0.25, -0.2) is 4.79 Å². The Morgan fingerprint density at radius 2 is 2.35 bits per heavy atom. The number of ether oxygens (including phenoxy) is 1. The van der Waals surface area contributed by atoms with Gasteiger partial charge in [0.05, 0.1) is 18.7 Å². The maximum Gasteiger partial charge on any atom is 0.407 e. The number of halogens is 2. The fourth-order valence-electron chi connectivity index (χ4n) is 2.38. The Bertz CT molecular complexity index is 569. The first-order valence-electron chi connectivity index (χ1n) is 5.81. The molecule has 0 aliphatic carbocycles. The van der Waals surface area contributed by atoms with Gasteiger partial charge in [0.25, 0.3) is 0 Å². The molecule has 1 saturated heterocycles. The molecule has 1 aliphatic rings. The van der Waals surface area contributed by atoms with E-state index in [0.717, 1.165) is 0 Å². The molecule has 2 atom stereocenters. The highest BCUT2D eigenvalue weighted by Crippen LogP contribution is 2.33. The summed E-state index contributed by atoms with van der Waals surface area (Å²) in [5.41, 5.74) is 0.405. The minimum absolute atomic E-state index is 0.126. The van der Waals surface area contributed by atoms with E-state index in [1.54, 1.807) is 11.8 Å². The molecule has 2 heterocycles. The Labute approximate surface area is 132 Å². The van der Waals surface area contributed by atoms with Gasteiger partial charge in [-0.05, 0) is 38.3 Å². The number of carboxylic acid groups (broad SMARTS) is 1. The third kappa shape index (κ3) is 2.68. The van der Waals surface area contributed by atoms with E-state index < -0.39 is 6.09 Å². The van der Waals surface area contributed by atoms with Crippen LogP contribution < -0.4 is 0 Å². The van der Waals surface area contributed by atoms with Crippen molar-refractivity contribution in [1.82, 2.24) is 14.7 Å². The Balaban J connectivity index is 2.27. The summed E-state index contributed by atoms with van der Waals surface area (Å²) in [6, 6.07) is 1.71. The second-order valence-electron chi connectivity index (χ2n) is 4.45. The quantitative estimate of drug-likeness (QED) is 0.829. The van der Waals surface area contributed by atoms with Crippen LogP contribution >= 0.6 is 31.9 Å². The molecule has 0 spiro atoms. The van der Waals surface area contributed by atoms with Crippen molar-refractivity contribution in [3.8, 4) is 6.07 Å². The van der Waals surface area contributed by atoms with Gasteiger partial charge < -0.3 is 14.7 Å². The molecular weight excluding hydrogens is 396 g/mol. The van der Waals surface area contributed by atoms with Crippen molar-refractivity contribution in [2.45, 2.75) is 18.5 Å². The van der Waals surface area contributed by atoms with Crippen LogP contribution in [-0.2, 0) is 4.74 Å². The van der Waals surface area contributed by atoms with Gasteiger partial charge in [-0.2, -0.15) is 10.4 Å². The highest BCUT2D eigenvalue weighted by molar-refractivity contribution is 9.11. The predicted octanol–water partition coefficient (Wildman–Crippen LogP) is 2.22. The van der Waals surface area contributed by atoms with Crippen LogP contribution in [0.5, 0.6) is 0 Å². The SMILES string of the molecule is COCC1CC(n2nc(Br)c(C#N)c2Br)CN1C(=O)O. The fraction of sp³-hybridized carbons (Fsp3) is 0.545. The van der Waals surface area contributed by atoms with Crippen LogP contribution in [0.25, 0.3) is 0 Å². The summed E-state index contributed by atoms with van der Waals surface area (Å²) in [6.45, 7) is 0.662. The van der Waals surface area contributed by atoms with E-state index in [9.17, 15) is 9.90 Å². The first-order chi connectivity index (χ1) is 9.49. The lowest BCUT2D eigenvalue weighted by molar-refractivity contribution is 0.0990. The molecular formula is C11H12Br2N4O3. The summed E-state index contributed by atoms with van der Waals surface area (Å²) >= 11 is 6.57. The van der Waals surface area contributed by atoms with Crippen LogP contribution in [0.3, 0.4) is 0 Å². The molecule has 0 aromatic carbocycles. The second kappa shape index (κ2) is 6.11. The van der Waals surface area contributed by atoms with E-state index in [1.807, 2.05) is 6.07 Å². The van der Waals surface area contributed by atoms with Crippen molar-refractivity contribution in [3.63, 3.8) is 0 Å². The monoisotopic (exact) mass is 406 g/mol. The molecule has 1 aromatic rings. The summed E-state index contributed by atoms with van der Waals surface area (Å²) in [4.78, 5) is 12.6. The molecule has 2 unspecified atom stereocenters. The number of carbonyl (C=O) groups is 1. The number of nitrogens with zero attached hydrogens (tertiary/aromatic N) is 4. The van der Waals surface area contributed by atoms with Gasteiger partial charge in [-0.3, -0.25) is 4.68 Å². The molecule has 1 aliphatic heterocycles. The van der Waals surface area contributed by atoms with Gasteiger partial charge in [-0.15, -0.1) is 0 Å². The van der Waals surface area contributed by atoms with E-state index in [2.05, 4.69) is 37.0 Å². The van der Waals surface area contributed by atoms with Gasteiger partial charge in [-0.1, -0.05) is 0 Å². The number of nitriles is 1. The smallest absolute Gasteiger partial charge is 0.407 e. The van der Waals surface area contributed by atoms with Gasteiger partial charge in [0.1, 0.15) is 20.8 Å². The molecule has 1 N–H and O–H groups in total. The number of methoxy groups -OCH3 is 1. The standard InChI is InChI=1S/C11H12Br2N4O3/c1-20-5-7-2-6(4-16(7)11(18)19)17-10(13)8(3-14)9(12)15-17/h6-7H,2,4-5H2,1H3,(H,18,19). The number of amides is 1. The second-order valence-corrected chi connectivity index (χ2v) is 5.95. The van der Waals surface area contributed by atoms with Gasteiger partial charge in [0, 0.05) is 13.7 Å². The van der Waals surface area contributed by atoms with E-state index in [4.69, 9.17) is 10.00 Å². The van der Waals surface area contributed by atoms with E-state index in [1.165, 1.54) is 4.90 Å². The average molecular weight is 408 g/mol. The number of aromatic nitrogens is 2. The summed E-state index contributed by atoms with van der Waals surface area (Å²) in [7, 11) is 1.54. The van der Waals surface area contributed by atoms with Gasteiger partial charge >= 0.3 is 6.09 Å². The minimum Gasteiger partial charge on any atom is -0.465 e. The van der Waals surface area contributed by atoms with Gasteiger partial charge in [0.2, 0.25) is 0 Å². The fourth-order valence-corrected chi connectivity index (χ4v) is 3.73. The van der Waals surface area contributed by atoms with Crippen molar-refractivity contribution in [2.24, 2.45) is 0 Å². The molecule has 0 saturated carbocycles. The topological polar surface area (TPSA) is 91.4 Å². The largest absolute Gasteiger partial charge is 0.465 e. The zero-order valence-corrected chi connectivity index (χ0v) is 13.8. The first kappa shape index (κ1) is 15.3. The maximum absolute atomic E-state index is 11.2. The lowest BCUT2D eigenvalue weighted by atomic mass is 10.2. The molecule has 9 heteroatoms. The van der Waals surface area contributed by atoms with E-state index >= 15 is 0 Å². The van der Waals surface area contributed by atoms with Crippen molar-refractivity contribution in [3.05, 3.63) is 14.8 Å². The zero-order valence-electron chi connectivity index (χ0n) is 10.6. The average Bonchev–Trinajstić information content (AvgIpc) is 2.92. The predicted molar refractivity (Wildman–Crippen MR) is 76.4 cm³/mol. The highest BCUT2D eigenvalue weighted by atomic mass is 79.9. The third-order valence-corrected chi connectivity index (χ3v) is 4.58. The first-order valence-corrected chi connectivity index (χ1v) is 7.40. The Hall–Kier alpha value is -1.11. The van der Waals surface area contributed by atoms with Crippen molar-refractivity contribution < 1.29 is 14.6 Å². The molecule has 20 heavy (non-hydrogen) atoms. The maximum atomic E-state index is 11.2. The van der Waals surface area contributed by atoms with Crippen LogP contribution in [0.1, 0.15) is 18.0 Å². The number of likely N-dealkylation sites (tertiary alicyclic amines) is 1. The summed E-state index contributed by atoms with van der Waals surface area (Å²) < 4.78 is 7.71. The van der Waals surface area contributed by atoms with E-state index in [-0.39, 0.29) is 12.1 Å².